The van der Waals surface area contributed by atoms with E-state index in [0.29, 0.717) is 12.2 Å². The fourth-order valence-electron chi connectivity index (χ4n) is 2.55. The molecule has 1 aliphatic heterocycles. The van der Waals surface area contributed by atoms with Crippen molar-refractivity contribution in [3.63, 3.8) is 0 Å². The number of hydrogen-bond acceptors (Lipinski definition) is 5. The first-order valence-electron chi connectivity index (χ1n) is 6.86. The molecule has 19 heavy (non-hydrogen) atoms. The predicted octanol–water partition coefficient (Wildman–Crippen LogP) is 1.48. The molecule has 0 bridgehead atoms. The van der Waals surface area contributed by atoms with Gasteiger partial charge in [-0.2, -0.15) is 0 Å². The van der Waals surface area contributed by atoms with Crippen LogP contribution >= 0.6 is 0 Å². The average molecular weight is 283 g/mol. The Kier molecular flexibility index (Phi) is 4.87. The molecule has 0 amide bonds. The summed E-state index contributed by atoms with van der Waals surface area (Å²) >= 11 is 0. The Hall–Kier alpha value is -1.01. The van der Waals surface area contributed by atoms with Gasteiger partial charge in [0.2, 0.25) is 0 Å². The number of nitrogens with zero attached hydrogens (tertiary/aromatic N) is 2. The molecule has 1 aromatic heterocycles. The van der Waals surface area contributed by atoms with Crippen LogP contribution in [0, 0.1) is 0 Å². The predicted molar refractivity (Wildman–Crippen MR) is 74.5 cm³/mol. The zero-order valence-corrected chi connectivity index (χ0v) is 12.1. The highest BCUT2D eigenvalue weighted by atomic mass is 32.2. The van der Waals surface area contributed by atoms with E-state index < -0.39 is 9.84 Å². The molecule has 1 N–H and O–H groups in total. The lowest BCUT2D eigenvalue weighted by Crippen LogP contribution is -2.41. The lowest BCUT2D eigenvalue weighted by Gasteiger charge is -2.30. The number of rotatable bonds is 5. The zero-order chi connectivity index (χ0) is 13.7. The molecule has 0 aliphatic carbocycles. The molecule has 1 saturated heterocycles. The lowest BCUT2D eigenvalue weighted by molar-refractivity contribution is 0.439. The minimum atomic E-state index is -3.03. The van der Waals surface area contributed by atoms with Crippen molar-refractivity contribution in [2.75, 3.05) is 12.3 Å². The molecule has 0 spiro atoms. The third-order valence-electron chi connectivity index (χ3n) is 3.52. The summed E-state index contributed by atoms with van der Waals surface area (Å²) in [6, 6.07) is -0.237. The maximum absolute atomic E-state index is 12.3. The summed E-state index contributed by atoms with van der Waals surface area (Å²) in [6.07, 6.45) is 8.30. The Morgan fingerprint density at radius 1 is 1.42 bits per heavy atom. The Labute approximate surface area is 114 Å². The summed E-state index contributed by atoms with van der Waals surface area (Å²) in [7, 11) is -3.03. The van der Waals surface area contributed by atoms with E-state index in [0.717, 1.165) is 31.5 Å². The molecule has 2 rings (SSSR count). The van der Waals surface area contributed by atoms with Crippen LogP contribution in [0.4, 0.5) is 0 Å². The number of hydrogen-bond donors (Lipinski definition) is 1. The van der Waals surface area contributed by atoms with Crippen molar-refractivity contribution in [3.8, 4) is 0 Å². The number of sulfone groups is 1. The second kappa shape index (κ2) is 6.43. The number of nitrogens with one attached hydrogen (secondary N) is 1. The van der Waals surface area contributed by atoms with Gasteiger partial charge in [-0.15, -0.1) is 0 Å². The summed E-state index contributed by atoms with van der Waals surface area (Å²) in [4.78, 5) is 8.34. The smallest absolute Gasteiger partial charge is 0.155 e. The van der Waals surface area contributed by atoms with E-state index in [2.05, 4.69) is 22.2 Å². The van der Waals surface area contributed by atoms with Crippen LogP contribution < -0.4 is 5.32 Å². The summed E-state index contributed by atoms with van der Waals surface area (Å²) in [5.74, 6) is 0.294. The Bertz CT molecular complexity index is 490. The first kappa shape index (κ1) is 14.4. The van der Waals surface area contributed by atoms with Gasteiger partial charge in [-0.3, -0.25) is 9.97 Å². The topological polar surface area (TPSA) is 72.0 Å². The Morgan fingerprint density at radius 2 is 2.26 bits per heavy atom. The zero-order valence-electron chi connectivity index (χ0n) is 11.2. The quantitative estimate of drug-likeness (QED) is 0.886. The monoisotopic (exact) mass is 283 g/mol. The van der Waals surface area contributed by atoms with E-state index in [4.69, 9.17) is 0 Å². The summed E-state index contributed by atoms with van der Waals surface area (Å²) < 4.78 is 24.5. The maximum atomic E-state index is 12.3. The van der Waals surface area contributed by atoms with Crippen LogP contribution in [-0.2, 0) is 9.84 Å². The van der Waals surface area contributed by atoms with Gasteiger partial charge < -0.3 is 5.32 Å². The van der Waals surface area contributed by atoms with Crippen LogP contribution in [0.1, 0.15) is 44.3 Å². The molecular formula is C13H21N3O2S. The van der Waals surface area contributed by atoms with E-state index in [1.54, 1.807) is 18.6 Å². The molecule has 2 unspecified atom stereocenters. The van der Waals surface area contributed by atoms with E-state index >= 15 is 0 Å². The van der Waals surface area contributed by atoms with E-state index in [9.17, 15) is 8.42 Å². The molecule has 0 radical (unpaired) electrons. The van der Waals surface area contributed by atoms with Crippen molar-refractivity contribution < 1.29 is 8.42 Å². The molecule has 0 aromatic carbocycles. The summed E-state index contributed by atoms with van der Waals surface area (Å²) in [5, 5.41) is 2.96. The lowest BCUT2D eigenvalue weighted by atomic mass is 10.0. The van der Waals surface area contributed by atoms with Crippen LogP contribution in [0.25, 0.3) is 0 Å². The van der Waals surface area contributed by atoms with Gasteiger partial charge in [0.1, 0.15) is 0 Å². The van der Waals surface area contributed by atoms with E-state index in [1.165, 1.54) is 0 Å². The summed E-state index contributed by atoms with van der Waals surface area (Å²) in [6.45, 7) is 2.85. The Morgan fingerprint density at radius 3 is 2.89 bits per heavy atom. The highest BCUT2D eigenvalue weighted by Crippen LogP contribution is 2.29. The molecule has 106 valence electrons. The molecule has 2 atom stereocenters. The molecule has 5 nitrogen and oxygen atoms in total. The van der Waals surface area contributed by atoms with Gasteiger partial charge in [-0.1, -0.05) is 13.3 Å². The molecular weight excluding hydrogens is 262 g/mol. The average Bonchev–Trinajstić information content (AvgIpc) is 2.42. The van der Waals surface area contributed by atoms with Crippen molar-refractivity contribution in [2.24, 2.45) is 0 Å². The fourth-order valence-corrected chi connectivity index (χ4v) is 4.64. The third-order valence-corrected chi connectivity index (χ3v) is 5.80. The van der Waals surface area contributed by atoms with Crippen LogP contribution in [0.3, 0.4) is 0 Å². The van der Waals surface area contributed by atoms with E-state index in [-0.39, 0.29) is 11.3 Å². The van der Waals surface area contributed by atoms with E-state index in [1.807, 2.05) is 0 Å². The third kappa shape index (κ3) is 3.51. The second-order valence-electron chi connectivity index (χ2n) is 4.96. The van der Waals surface area contributed by atoms with Crippen LogP contribution in [0.5, 0.6) is 0 Å². The minimum Gasteiger partial charge on any atom is -0.308 e. The maximum Gasteiger partial charge on any atom is 0.155 e. The largest absolute Gasteiger partial charge is 0.308 e. The molecule has 6 heteroatoms. The Balaban J connectivity index is 2.27. The number of aromatic nitrogens is 2. The highest BCUT2D eigenvalue weighted by molar-refractivity contribution is 7.92. The van der Waals surface area contributed by atoms with Gasteiger partial charge in [0.15, 0.2) is 9.84 Å². The molecule has 1 aliphatic rings. The molecule has 2 heterocycles. The standard InChI is InChI=1S/C13H21N3O2S/c1-2-6-16-13(11-10-14-7-8-15-11)12-5-3-4-9-19(12,17)18/h7-8,10,12-13,16H,2-6,9H2,1H3. The van der Waals surface area contributed by atoms with Crippen molar-refractivity contribution in [2.45, 2.75) is 43.9 Å². The van der Waals surface area contributed by atoms with Gasteiger partial charge in [0, 0.05) is 12.4 Å². The van der Waals surface area contributed by atoms with Crippen molar-refractivity contribution in [1.82, 2.24) is 15.3 Å². The highest BCUT2D eigenvalue weighted by Gasteiger charge is 2.36. The first-order chi connectivity index (χ1) is 9.15. The molecule has 0 saturated carbocycles. The van der Waals surface area contributed by atoms with Crippen LogP contribution in [-0.4, -0.2) is 35.9 Å². The molecule has 1 aromatic rings. The van der Waals surface area contributed by atoms with Gasteiger partial charge in [0.05, 0.1) is 28.9 Å². The van der Waals surface area contributed by atoms with Crippen molar-refractivity contribution in [1.29, 1.82) is 0 Å². The van der Waals surface area contributed by atoms with Crippen LogP contribution in [0.2, 0.25) is 0 Å². The van der Waals surface area contributed by atoms with Crippen molar-refractivity contribution in [3.05, 3.63) is 24.3 Å². The minimum absolute atomic E-state index is 0.237. The molecule has 1 fully saturated rings. The normalized spacial score (nSPS) is 23.9. The fraction of sp³-hybridized carbons (Fsp3) is 0.692. The first-order valence-corrected chi connectivity index (χ1v) is 8.57. The van der Waals surface area contributed by atoms with Crippen molar-refractivity contribution >= 4 is 9.84 Å². The summed E-state index contributed by atoms with van der Waals surface area (Å²) in [5.41, 5.74) is 0.728. The van der Waals surface area contributed by atoms with Gasteiger partial charge in [-0.25, -0.2) is 8.42 Å². The SMILES string of the molecule is CCCNC(c1cnccn1)C1CCCCS1(=O)=O. The second-order valence-corrected chi connectivity index (χ2v) is 7.30. The van der Waals surface area contributed by atoms with Gasteiger partial charge in [-0.05, 0) is 25.8 Å². The van der Waals surface area contributed by atoms with Gasteiger partial charge in [0.25, 0.3) is 0 Å². The van der Waals surface area contributed by atoms with Gasteiger partial charge >= 0.3 is 0 Å². The van der Waals surface area contributed by atoms with Crippen LogP contribution in [0.15, 0.2) is 18.6 Å².